The fourth-order valence-electron chi connectivity index (χ4n) is 7.25. The minimum atomic E-state index is -2.67. The van der Waals surface area contributed by atoms with Crippen LogP contribution in [0.2, 0.25) is 5.15 Å². The Kier molecular flexibility index (Phi) is 7.20. The van der Waals surface area contributed by atoms with Crippen molar-refractivity contribution in [2.45, 2.75) is 76.5 Å². The quantitative estimate of drug-likeness (QED) is 0.308. The van der Waals surface area contributed by atoms with E-state index in [1.165, 1.54) is 0 Å². The van der Waals surface area contributed by atoms with Crippen molar-refractivity contribution in [1.82, 2.24) is 24.8 Å². The van der Waals surface area contributed by atoms with Crippen LogP contribution in [0.25, 0.3) is 10.9 Å². The highest BCUT2D eigenvalue weighted by molar-refractivity contribution is 6.30. The summed E-state index contributed by atoms with van der Waals surface area (Å²) in [5.41, 5.74) is -1.80. The summed E-state index contributed by atoms with van der Waals surface area (Å²) in [5.74, 6) is -2.89. The number of alkyl halides is 2. The number of nitrogens with zero attached hydrogens (tertiary/aromatic N) is 6. The van der Waals surface area contributed by atoms with Gasteiger partial charge in [0.15, 0.2) is 11.0 Å². The summed E-state index contributed by atoms with van der Waals surface area (Å²) in [6.45, 7) is 8.76. The molecule has 3 fully saturated rings. The highest BCUT2D eigenvalue weighted by Crippen LogP contribution is 2.69. The third kappa shape index (κ3) is 5.23. The van der Waals surface area contributed by atoms with Crippen molar-refractivity contribution in [2.24, 2.45) is 5.41 Å². The molecule has 0 aromatic carbocycles. The van der Waals surface area contributed by atoms with Gasteiger partial charge in [0.2, 0.25) is 5.88 Å². The SMILES string of the molecule is C[C@H](c1cccnc1NC(=O)OC(C)(C)C)N1CCOc2nc(Cl)c(F)c3nc(OC[C@@]45CCCN4C[C@]4(CC4(F)F)C5)nc1c23. The number of amides is 1. The van der Waals surface area contributed by atoms with E-state index in [1.807, 2.05) is 17.9 Å². The third-order valence-electron chi connectivity index (χ3n) is 9.47. The van der Waals surface area contributed by atoms with Crippen LogP contribution in [-0.4, -0.2) is 80.8 Å². The van der Waals surface area contributed by atoms with Gasteiger partial charge >= 0.3 is 12.1 Å². The average molecular weight is 662 g/mol. The van der Waals surface area contributed by atoms with Crippen LogP contribution < -0.4 is 19.7 Å². The summed E-state index contributed by atoms with van der Waals surface area (Å²) in [6, 6.07) is 2.96. The lowest BCUT2D eigenvalue weighted by Gasteiger charge is -2.32. The Labute approximate surface area is 268 Å². The summed E-state index contributed by atoms with van der Waals surface area (Å²) in [7, 11) is 0. The Balaban J connectivity index is 1.24. The van der Waals surface area contributed by atoms with Gasteiger partial charge in [-0.3, -0.25) is 10.2 Å². The number of aromatic nitrogens is 4. The molecule has 1 aliphatic carbocycles. The molecular formula is C31H35ClF3N7O4. The molecule has 1 spiro atoms. The highest BCUT2D eigenvalue weighted by atomic mass is 35.5. The zero-order valence-corrected chi connectivity index (χ0v) is 26.8. The maximum atomic E-state index is 15.6. The molecule has 46 heavy (non-hydrogen) atoms. The first-order valence-corrected chi connectivity index (χ1v) is 15.8. The monoisotopic (exact) mass is 661 g/mol. The Morgan fingerprint density at radius 3 is 2.74 bits per heavy atom. The van der Waals surface area contributed by atoms with Gasteiger partial charge < -0.3 is 19.1 Å². The maximum absolute atomic E-state index is 15.6. The van der Waals surface area contributed by atoms with E-state index in [2.05, 4.69) is 25.2 Å². The third-order valence-corrected chi connectivity index (χ3v) is 9.72. The van der Waals surface area contributed by atoms with Crippen LogP contribution in [0, 0.1) is 11.2 Å². The van der Waals surface area contributed by atoms with Gasteiger partial charge in [-0.05, 0) is 59.6 Å². The van der Waals surface area contributed by atoms with Gasteiger partial charge in [-0.25, -0.2) is 22.9 Å². The molecular weight excluding hydrogens is 627 g/mol. The van der Waals surface area contributed by atoms with E-state index >= 15 is 4.39 Å². The summed E-state index contributed by atoms with van der Waals surface area (Å²) in [6.07, 6.45) is 2.69. The molecule has 3 aromatic heterocycles. The molecule has 7 rings (SSSR count). The van der Waals surface area contributed by atoms with Gasteiger partial charge in [0.1, 0.15) is 41.4 Å². The van der Waals surface area contributed by atoms with Crippen LogP contribution >= 0.6 is 11.6 Å². The molecule has 0 bridgehead atoms. The summed E-state index contributed by atoms with van der Waals surface area (Å²) < 4.78 is 61.9. The van der Waals surface area contributed by atoms with Gasteiger partial charge in [0.25, 0.3) is 5.92 Å². The van der Waals surface area contributed by atoms with E-state index < -0.39 is 45.6 Å². The average Bonchev–Trinajstić information content (AvgIpc) is 3.19. The fourth-order valence-corrected chi connectivity index (χ4v) is 7.42. The van der Waals surface area contributed by atoms with E-state index in [-0.39, 0.29) is 54.1 Å². The predicted octanol–water partition coefficient (Wildman–Crippen LogP) is 6.16. The largest absolute Gasteiger partial charge is 0.475 e. The number of carbonyl (C=O) groups excluding carboxylic acids is 1. The topological polar surface area (TPSA) is 115 Å². The lowest BCUT2D eigenvalue weighted by Crippen LogP contribution is -2.43. The maximum Gasteiger partial charge on any atom is 0.413 e. The number of carbonyl (C=O) groups is 1. The molecule has 0 radical (unpaired) electrons. The lowest BCUT2D eigenvalue weighted by molar-refractivity contribution is 0.0631. The van der Waals surface area contributed by atoms with Crippen LogP contribution in [0.5, 0.6) is 11.9 Å². The Bertz CT molecular complexity index is 1730. The van der Waals surface area contributed by atoms with Gasteiger partial charge in [-0.1, -0.05) is 17.7 Å². The van der Waals surface area contributed by atoms with E-state index in [0.717, 1.165) is 13.0 Å². The molecule has 2 saturated heterocycles. The standard InChI is InChI=1S/C31H35ClF3N7O4/c1-17(18-7-5-9-36-23(18)39-27(43)46-28(2,3)4)42-11-12-44-25-19-21(20(33)22(32)38-25)37-26(40-24(19)42)45-16-30-8-6-10-41(30)15-29(13-30)14-31(29,34)35/h5,7,9,17H,6,8,10-16H2,1-4H3,(H,36,39,43)/t17-,29-,30+/m1/s1. The molecule has 1 saturated carbocycles. The number of halogens is 4. The molecule has 3 aliphatic heterocycles. The van der Waals surface area contributed by atoms with E-state index in [9.17, 15) is 13.6 Å². The molecule has 0 unspecified atom stereocenters. The number of rotatable bonds is 6. The minimum Gasteiger partial charge on any atom is -0.475 e. The van der Waals surface area contributed by atoms with Gasteiger partial charge in [0, 0.05) is 24.7 Å². The molecule has 15 heteroatoms. The number of fused-ring (bicyclic) bond motifs is 1. The molecule has 3 atom stereocenters. The zero-order valence-electron chi connectivity index (χ0n) is 26.0. The lowest BCUT2D eigenvalue weighted by atomic mass is 9.89. The zero-order chi connectivity index (χ0) is 32.6. The molecule has 11 nitrogen and oxygen atoms in total. The van der Waals surface area contributed by atoms with Crippen molar-refractivity contribution in [2.75, 3.05) is 43.1 Å². The second-order valence-electron chi connectivity index (χ2n) is 13.7. The van der Waals surface area contributed by atoms with Crippen molar-refractivity contribution in [1.29, 1.82) is 0 Å². The first kappa shape index (κ1) is 31.0. The summed E-state index contributed by atoms with van der Waals surface area (Å²) in [4.78, 5) is 34.3. The summed E-state index contributed by atoms with van der Waals surface area (Å²) >= 11 is 6.16. The molecule has 4 aliphatic rings. The summed E-state index contributed by atoms with van der Waals surface area (Å²) in [5, 5.41) is 2.53. The second-order valence-corrected chi connectivity index (χ2v) is 14.1. The Morgan fingerprint density at radius 2 is 2.00 bits per heavy atom. The van der Waals surface area contributed by atoms with Gasteiger partial charge in [-0.15, -0.1) is 0 Å². The predicted molar refractivity (Wildman–Crippen MR) is 163 cm³/mol. The first-order chi connectivity index (χ1) is 21.7. The fraction of sp³-hybridized carbons (Fsp3) is 0.581. The van der Waals surface area contributed by atoms with Crippen LogP contribution in [0.4, 0.5) is 29.6 Å². The van der Waals surface area contributed by atoms with Crippen molar-refractivity contribution in [3.05, 3.63) is 34.9 Å². The van der Waals surface area contributed by atoms with E-state index in [4.69, 9.17) is 30.8 Å². The van der Waals surface area contributed by atoms with E-state index in [1.54, 1.807) is 33.0 Å². The molecule has 1 N–H and O–H groups in total. The van der Waals surface area contributed by atoms with Crippen LogP contribution in [-0.2, 0) is 4.74 Å². The van der Waals surface area contributed by atoms with E-state index in [0.29, 0.717) is 31.5 Å². The van der Waals surface area contributed by atoms with Gasteiger partial charge in [-0.2, -0.15) is 15.0 Å². The Hall–Kier alpha value is -3.65. The smallest absolute Gasteiger partial charge is 0.413 e. The number of ether oxygens (including phenoxy) is 3. The number of hydrogen-bond acceptors (Lipinski definition) is 10. The number of nitrogens with one attached hydrogen (secondary N) is 1. The van der Waals surface area contributed by atoms with Crippen LogP contribution in [0.3, 0.4) is 0 Å². The van der Waals surface area contributed by atoms with Gasteiger partial charge in [0.05, 0.1) is 23.5 Å². The first-order valence-electron chi connectivity index (χ1n) is 15.4. The van der Waals surface area contributed by atoms with Crippen molar-refractivity contribution < 1.29 is 32.2 Å². The number of anilines is 2. The number of hydrogen-bond donors (Lipinski definition) is 1. The minimum absolute atomic E-state index is 0.0743. The van der Waals surface area contributed by atoms with Crippen molar-refractivity contribution in [3.8, 4) is 11.9 Å². The Morgan fingerprint density at radius 1 is 1.22 bits per heavy atom. The molecule has 6 heterocycles. The number of pyridine rings is 2. The second kappa shape index (κ2) is 10.7. The van der Waals surface area contributed by atoms with Crippen molar-refractivity contribution in [3.63, 3.8) is 0 Å². The normalized spacial score (nSPS) is 25.6. The van der Waals surface area contributed by atoms with Crippen molar-refractivity contribution >= 4 is 40.2 Å². The highest BCUT2D eigenvalue weighted by Gasteiger charge is 2.77. The van der Waals surface area contributed by atoms with Crippen LogP contribution in [0.15, 0.2) is 18.3 Å². The molecule has 1 amide bonds. The molecule has 246 valence electrons. The van der Waals surface area contributed by atoms with Crippen LogP contribution in [0.1, 0.15) is 65.0 Å². The molecule has 3 aromatic rings.